The van der Waals surface area contributed by atoms with Crippen LogP contribution in [0.4, 0.5) is 5.69 Å². The lowest BCUT2D eigenvalue weighted by Gasteiger charge is -2.35. The summed E-state index contributed by atoms with van der Waals surface area (Å²) in [6.45, 7) is 10.9. The van der Waals surface area contributed by atoms with Crippen molar-refractivity contribution in [2.24, 2.45) is 0 Å². The fourth-order valence-electron chi connectivity index (χ4n) is 3.84. The standard InChI is InChI=1S/C27H40N4O4S/c1-9-23(26(33)28-27(4,5)6)30(18-22-13-11-10-12-14-22)25(32)19-31(36(34,35)29(7)8)24-17-20(2)15-16-21(24)3/h10-17,23H,9,18-19H2,1-8H3,(H,28,33)/t23-/m1/s1. The maximum Gasteiger partial charge on any atom is 0.304 e. The maximum absolute atomic E-state index is 13.9. The van der Waals surface area contributed by atoms with E-state index in [1.807, 2.05) is 84.0 Å². The van der Waals surface area contributed by atoms with Crippen molar-refractivity contribution in [1.29, 1.82) is 0 Å². The van der Waals surface area contributed by atoms with Gasteiger partial charge in [-0.15, -0.1) is 0 Å². The van der Waals surface area contributed by atoms with Crippen molar-refractivity contribution in [2.75, 3.05) is 24.9 Å². The molecule has 1 atom stereocenters. The van der Waals surface area contributed by atoms with Gasteiger partial charge in [-0.1, -0.05) is 49.4 Å². The number of anilines is 1. The van der Waals surface area contributed by atoms with Crippen LogP contribution in [-0.4, -0.2) is 61.7 Å². The van der Waals surface area contributed by atoms with Crippen molar-refractivity contribution in [3.05, 3.63) is 65.2 Å². The number of nitrogens with one attached hydrogen (secondary N) is 1. The van der Waals surface area contributed by atoms with Crippen LogP contribution in [0.2, 0.25) is 0 Å². The van der Waals surface area contributed by atoms with Gasteiger partial charge in [0.2, 0.25) is 11.8 Å². The lowest BCUT2D eigenvalue weighted by molar-refractivity contribution is -0.141. The zero-order valence-electron chi connectivity index (χ0n) is 22.7. The van der Waals surface area contributed by atoms with E-state index < -0.39 is 34.2 Å². The molecule has 0 aliphatic rings. The van der Waals surface area contributed by atoms with Crippen molar-refractivity contribution in [2.45, 2.75) is 66.1 Å². The molecule has 8 nitrogen and oxygen atoms in total. The molecular weight excluding hydrogens is 476 g/mol. The molecule has 2 amide bonds. The van der Waals surface area contributed by atoms with Crippen LogP contribution in [0.25, 0.3) is 0 Å². The summed E-state index contributed by atoms with van der Waals surface area (Å²) in [6.07, 6.45) is 0.379. The molecule has 0 radical (unpaired) electrons. The topological polar surface area (TPSA) is 90.0 Å². The highest BCUT2D eigenvalue weighted by atomic mass is 32.2. The Hall–Kier alpha value is -2.91. The molecule has 36 heavy (non-hydrogen) atoms. The summed E-state index contributed by atoms with van der Waals surface area (Å²) < 4.78 is 29.0. The van der Waals surface area contributed by atoms with Crippen molar-refractivity contribution in [3.8, 4) is 0 Å². The predicted molar refractivity (Wildman–Crippen MR) is 145 cm³/mol. The van der Waals surface area contributed by atoms with Crippen molar-refractivity contribution in [3.63, 3.8) is 0 Å². The largest absolute Gasteiger partial charge is 0.350 e. The lowest BCUT2D eigenvalue weighted by atomic mass is 10.1. The van der Waals surface area contributed by atoms with Crippen molar-refractivity contribution < 1.29 is 18.0 Å². The quantitative estimate of drug-likeness (QED) is 0.522. The molecular formula is C27H40N4O4S. The van der Waals surface area contributed by atoms with Crippen molar-refractivity contribution >= 4 is 27.7 Å². The summed E-state index contributed by atoms with van der Waals surface area (Å²) in [5.41, 5.74) is 2.40. The van der Waals surface area contributed by atoms with Gasteiger partial charge in [-0.05, 0) is 63.8 Å². The van der Waals surface area contributed by atoms with Crippen LogP contribution in [0.5, 0.6) is 0 Å². The molecule has 2 rings (SSSR count). The van der Waals surface area contributed by atoms with E-state index in [1.165, 1.54) is 19.0 Å². The Bertz CT molecular complexity index is 1160. The monoisotopic (exact) mass is 516 g/mol. The van der Waals surface area contributed by atoms with Gasteiger partial charge in [-0.25, -0.2) is 4.31 Å². The number of carbonyl (C=O) groups is 2. The summed E-state index contributed by atoms with van der Waals surface area (Å²) >= 11 is 0. The second kappa shape index (κ2) is 11.9. The SMILES string of the molecule is CC[C@H](C(=O)NC(C)(C)C)N(Cc1ccccc1)C(=O)CN(c1cc(C)ccc1C)S(=O)(=O)N(C)C. The van der Waals surface area contributed by atoms with Gasteiger partial charge in [-0.3, -0.25) is 9.59 Å². The first-order valence-corrected chi connectivity index (χ1v) is 13.5. The van der Waals surface area contributed by atoms with Gasteiger partial charge in [0.25, 0.3) is 0 Å². The molecule has 0 aliphatic heterocycles. The highest BCUT2D eigenvalue weighted by molar-refractivity contribution is 7.90. The number of benzene rings is 2. The van der Waals surface area contributed by atoms with E-state index in [9.17, 15) is 18.0 Å². The summed E-state index contributed by atoms with van der Waals surface area (Å²) in [7, 11) is -1.12. The second-order valence-corrected chi connectivity index (χ2v) is 12.3. The summed E-state index contributed by atoms with van der Waals surface area (Å²) in [5.74, 6) is -0.732. The molecule has 2 aromatic carbocycles. The molecule has 0 fully saturated rings. The number of carbonyl (C=O) groups excluding carboxylic acids is 2. The van der Waals surface area contributed by atoms with E-state index in [-0.39, 0.29) is 12.5 Å². The minimum absolute atomic E-state index is 0.179. The lowest BCUT2D eigenvalue weighted by Crippen LogP contribution is -2.55. The highest BCUT2D eigenvalue weighted by Gasteiger charge is 2.35. The normalized spacial score (nSPS) is 12.8. The van der Waals surface area contributed by atoms with Gasteiger partial charge >= 0.3 is 10.2 Å². The Morgan fingerprint density at radius 1 is 1.00 bits per heavy atom. The van der Waals surface area contributed by atoms with Crippen molar-refractivity contribution in [1.82, 2.24) is 14.5 Å². The zero-order valence-corrected chi connectivity index (χ0v) is 23.5. The molecule has 1 N–H and O–H groups in total. The Morgan fingerprint density at radius 2 is 1.61 bits per heavy atom. The predicted octanol–water partition coefficient (Wildman–Crippen LogP) is 3.64. The van der Waals surface area contributed by atoms with E-state index in [2.05, 4.69) is 5.32 Å². The molecule has 0 unspecified atom stereocenters. The van der Waals surface area contributed by atoms with Gasteiger partial charge < -0.3 is 10.2 Å². The van der Waals surface area contributed by atoms with Gasteiger partial charge in [0.15, 0.2) is 0 Å². The second-order valence-electron chi connectivity index (χ2n) is 10.3. The van der Waals surface area contributed by atoms with E-state index in [4.69, 9.17) is 0 Å². The third kappa shape index (κ3) is 7.54. The fourth-order valence-corrected chi connectivity index (χ4v) is 4.96. The molecule has 2 aromatic rings. The molecule has 0 aliphatic carbocycles. The molecule has 0 bridgehead atoms. The molecule has 0 saturated heterocycles. The number of hydrogen-bond acceptors (Lipinski definition) is 4. The summed E-state index contributed by atoms with van der Waals surface area (Å²) in [6, 6.07) is 14.1. The first-order valence-electron chi connectivity index (χ1n) is 12.1. The smallest absolute Gasteiger partial charge is 0.304 e. The van der Waals surface area contributed by atoms with Crippen LogP contribution in [0.15, 0.2) is 48.5 Å². The van der Waals surface area contributed by atoms with E-state index >= 15 is 0 Å². The zero-order chi connectivity index (χ0) is 27.3. The third-order valence-electron chi connectivity index (χ3n) is 5.73. The average molecular weight is 517 g/mol. The summed E-state index contributed by atoms with van der Waals surface area (Å²) in [5, 5.41) is 2.97. The third-order valence-corrected chi connectivity index (χ3v) is 7.54. The van der Waals surface area contributed by atoms with E-state index in [0.29, 0.717) is 12.1 Å². The fraction of sp³-hybridized carbons (Fsp3) is 0.481. The highest BCUT2D eigenvalue weighted by Crippen LogP contribution is 2.26. The molecule has 9 heteroatoms. The van der Waals surface area contributed by atoms with Crippen LogP contribution in [0.1, 0.15) is 50.8 Å². The number of rotatable bonds is 10. The summed E-state index contributed by atoms with van der Waals surface area (Å²) in [4.78, 5) is 28.6. The van der Waals surface area contributed by atoms with Crippen LogP contribution in [0, 0.1) is 13.8 Å². The number of aryl methyl sites for hydroxylation is 2. The van der Waals surface area contributed by atoms with Crippen LogP contribution < -0.4 is 9.62 Å². The molecule has 0 saturated carbocycles. The Morgan fingerprint density at radius 3 is 2.14 bits per heavy atom. The number of hydrogen-bond donors (Lipinski definition) is 1. The van der Waals surface area contributed by atoms with Crippen LogP contribution in [-0.2, 0) is 26.3 Å². The number of nitrogens with zero attached hydrogens (tertiary/aromatic N) is 3. The Balaban J connectivity index is 2.55. The first-order chi connectivity index (χ1) is 16.7. The molecule has 0 heterocycles. The van der Waals surface area contributed by atoms with Crippen LogP contribution >= 0.6 is 0 Å². The molecule has 198 valence electrons. The average Bonchev–Trinajstić information content (AvgIpc) is 2.78. The van der Waals surface area contributed by atoms with E-state index in [1.54, 1.807) is 6.07 Å². The van der Waals surface area contributed by atoms with Crippen LogP contribution in [0.3, 0.4) is 0 Å². The van der Waals surface area contributed by atoms with Gasteiger partial charge in [-0.2, -0.15) is 12.7 Å². The Kier molecular flexibility index (Phi) is 9.68. The maximum atomic E-state index is 13.9. The minimum Gasteiger partial charge on any atom is -0.350 e. The molecule has 0 aromatic heterocycles. The first kappa shape index (κ1) is 29.3. The molecule has 0 spiro atoms. The number of amides is 2. The Labute approximate surface area is 216 Å². The minimum atomic E-state index is -4.00. The van der Waals surface area contributed by atoms with Gasteiger partial charge in [0.1, 0.15) is 12.6 Å². The van der Waals surface area contributed by atoms with E-state index in [0.717, 1.165) is 25.3 Å². The van der Waals surface area contributed by atoms with Gasteiger partial charge in [0.05, 0.1) is 5.69 Å². The van der Waals surface area contributed by atoms with Gasteiger partial charge in [0, 0.05) is 26.2 Å².